The van der Waals surface area contributed by atoms with Crippen molar-refractivity contribution in [3.05, 3.63) is 47.6 Å². The first-order valence-corrected chi connectivity index (χ1v) is 7.91. The molecule has 0 amide bonds. The normalized spacial score (nSPS) is 13.9. The van der Waals surface area contributed by atoms with Crippen molar-refractivity contribution in [1.82, 2.24) is 0 Å². The highest BCUT2D eigenvalue weighted by atomic mass is 16.5. The second-order valence-electron chi connectivity index (χ2n) is 5.51. The average molecular weight is 345 g/mol. The van der Waals surface area contributed by atoms with Crippen LogP contribution in [0.4, 0.5) is 5.69 Å². The Morgan fingerprint density at radius 3 is 2.28 bits per heavy atom. The van der Waals surface area contributed by atoms with E-state index in [4.69, 9.17) is 19.3 Å². The zero-order valence-electron chi connectivity index (χ0n) is 14.7. The van der Waals surface area contributed by atoms with Gasteiger partial charge in [-0.15, -0.1) is 0 Å². The number of hydrogen-bond donors (Lipinski definition) is 2. The molecule has 134 valence electrons. The molecule has 0 fully saturated rings. The number of methoxy groups -OCH3 is 3. The van der Waals surface area contributed by atoms with Crippen molar-refractivity contribution in [3.8, 4) is 17.2 Å². The summed E-state index contributed by atoms with van der Waals surface area (Å²) in [5.41, 5.74) is 3.12. The Morgan fingerprint density at radius 1 is 1.12 bits per heavy atom. The molecule has 25 heavy (non-hydrogen) atoms. The number of carboxylic acid groups (broad SMARTS) is 1. The van der Waals surface area contributed by atoms with Crippen molar-refractivity contribution in [1.29, 1.82) is 0 Å². The van der Waals surface area contributed by atoms with E-state index in [1.54, 1.807) is 27.4 Å². The van der Waals surface area contributed by atoms with Gasteiger partial charge >= 0.3 is 5.97 Å². The van der Waals surface area contributed by atoms with E-state index in [-0.39, 0.29) is 0 Å². The molecule has 0 atom stereocenters. The van der Waals surface area contributed by atoms with E-state index in [1.165, 1.54) is 11.6 Å². The van der Waals surface area contributed by atoms with Crippen molar-refractivity contribution >= 4 is 11.7 Å². The second-order valence-corrected chi connectivity index (χ2v) is 5.51. The Balaban J connectivity index is 2.05. The minimum atomic E-state index is -0.931. The van der Waals surface area contributed by atoms with Crippen molar-refractivity contribution in [2.75, 3.05) is 33.2 Å². The Labute approximate surface area is 147 Å². The number of ether oxygens (including phenoxy) is 3. The minimum Gasteiger partial charge on any atom is -0.493 e. The standard InChI is InChI=1S/C19H23NO5/c1-23-16-10-15(11-17(24-2)19(16)25-3)20-12-14-6-4-13(5-7-14)8-9-18(21)22/h4,6,8-11,20H,5,7,12H2,1-3H3,(H,21,22)/b9-8+. The first kappa shape index (κ1) is 18.4. The van der Waals surface area contributed by atoms with E-state index in [9.17, 15) is 4.79 Å². The summed E-state index contributed by atoms with van der Waals surface area (Å²) in [5, 5.41) is 12.0. The fourth-order valence-electron chi connectivity index (χ4n) is 2.56. The molecule has 0 radical (unpaired) electrons. The number of hydrogen-bond acceptors (Lipinski definition) is 5. The highest BCUT2D eigenvalue weighted by molar-refractivity contribution is 5.80. The highest BCUT2D eigenvalue weighted by Gasteiger charge is 2.13. The van der Waals surface area contributed by atoms with Crippen LogP contribution in [0.3, 0.4) is 0 Å². The monoisotopic (exact) mass is 345 g/mol. The number of carboxylic acids is 1. The first-order valence-electron chi connectivity index (χ1n) is 7.91. The third-order valence-electron chi connectivity index (χ3n) is 3.89. The van der Waals surface area contributed by atoms with Crippen molar-refractivity contribution in [2.24, 2.45) is 0 Å². The first-order chi connectivity index (χ1) is 12.1. The van der Waals surface area contributed by atoms with Gasteiger partial charge in [0.2, 0.25) is 5.75 Å². The molecule has 2 rings (SSSR count). The molecule has 0 saturated carbocycles. The molecule has 0 unspecified atom stereocenters. The molecule has 1 aliphatic rings. The second kappa shape index (κ2) is 8.82. The maximum Gasteiger partial charge on any atom is 0.328 e. The lowest BCUT2D eigenvalue weighted by Crippen LogP contribution is -2.07. The average Bonchev–Trinajstić information content (AvgIpc) is 2.64. The molecule has 1 aromatic carbocycles. The Morgan fingerprint density at radius 2 is 1.80 bits per heavy atom. The van der Waals surface area contributed by atoms with Crippen LogP contribution in [-0.4, -0.2) is 38.9 Å². The summed E-state index contributed by atoms with van der Waals surface area (Å²) in [6, 6.07) is 3.73. The quantitative estimate of drug-likeness (QED) is 0.703. The van der Waals surface area contributed by atoms with Gasteiger partial charge in [0.1, 0.15) is 0 Å². The predicted octanol–water partition coefficient (Wildman–Crippen LogP) is 3.41. The van der Waals surface area contributed by atoms with Crippen LogP contribution < -0.4 is 19.5 Å². The smallest absolute Gasteiger partial charge is 0.328 e. The molecular weight excluding hydrogens is 322 g/mol. The number of carbonyl (C=O) groups is 1. The summed E-state index contributed by atoms with van der Waals surface area (Å²) in [6.45, 7) is 0.686. The van der Waals surface area contributed by atoms with Crippen LogP contribution in [0, 0.1) is 0 Å². The van der Waals surface area contributed by atoms with Gasteiger partial charge in [0.25, 0.3) is 0 Å². The van der Waals surface area contributed by atoms with Gasteiger partial charge < -0.3 is 24.6 Å². The van der Waals surface area contributed by atoms with Gasteiger partial charge in [-0.3, -0.25) is 0 Å². The third kappa shape index (κ3) is 5.04. The number of allylic oxidation sites excluding steroid dienone is 4. The number of aliphatic carboxylic acids is 1. The van der Waals surface area contributed by atoms with Crippen molar-refractivity contribution < 1.29 is 24.1 Å². The summed E-state index contributed by atoms with van der Waals surface area (Å²) < 4.78 is 16.0. The Kier molecular flexibility index (Phi) is 6.51. The highest BCUT2D eigenvalue weighted by Crippen LogP contribution is 2.40. The topological polar surface area (TPSA) is 77.0 Å². The van der Waals surface area contributed by atoms with Gasteiger partial charge in [-0.2, -0.15) is 0 Å². The summed E-state index contributed by atoms with van der Waals surface area (Å²) in [6.07, 6.45) is 8.49. The molecule has 1 aromatic rings. The number of rotatable bonds is 8. The number of anilines is 1. The summed E-state index contributed by atoms with van der Waals surface area (Å²) in [4.78, 5) is 10.5. The van der Waals surface area contributed by atoms with E-state index in [0.29, 0.717) is 23.8 Å². The predicted molar refractivity (Wildman–Crippen MR) is 96.8 cm³/mol. The fourth-order valence-corrected chi connectivity index (χ4v) is 2.56. The van der Waals surface area contributed by atoms with E-state index in [1.807, 2.05) is 24.3 Å². The van der Waals surface area contributed by atoms with Gasteiger partial charge in [0.05, 0.1) is 21.3 Å². The van der Waals surface area contributed by atoms with Crippen molar-refractivity contribution in [3.63, 3.8) is 0 Å². The van der Waals surface area contributed by atoms with Gasteiger partial charge in [0.15, 0.2) is 11.5 Å². The summed E-state index contributed by atoms with van der Waals surface area (Å²) in [5.74, 6) is 0.830. The van der Waals surface area contributed by atoms with Crippen LogP contribution in [-0.2, 0) is 4.79 Å². The molecule has 1 aliphatic carbocycles. The van der Waals surface area contributed by atoms with Crippen LogP contribution in [0.1, 0.15) is 12.8 Å². The third-order valence-corrected chi connectivity index (χ3v) is 3.89. The maximum absolute atomic E-state index is 10.5. The lowest BCUT2D eigenvalue weighted by atomic mass is 9.98. The largest absolute Gasteiger partial charge is 0.493 e. The maximum atomic E-state index is 10.5. The van der Waals surface area contributed by atoms with E-state index < -0.39 is 5.97 Å². The molecule has 0 aliphatic heterocycles. The molecule has 2 N–H and O–H groups in total. The zero-order valence-corrected chi connectivity index (χ0v) is 14.7. The molecule has 6 nitrogen and oxygen atoms in total. The Hall–Kier alpha value is -2.89. The molecule has 0 bridgehead atoms. The molecule has 0 spiro atoms. The molecule has 0 heterocycles. The van der Waals surface area contributed by atoms with Crippen LogP contribution in [0.2, 0.25) is 0 Å². The van der Waals surface area contributed by atoms with E-state index >= 15 is 0 Å². The zero-order chi connectivity index (χ0) is 18.2. The summed E-state index contributed by atoms with van der Waals surface area (Å²) in [7, 11) is 4.74. The van der Waals surface area contributed by atoms with Crippen LogP contribution >= 0.6 is 0 Å². The minimum absolute atomic E-state index is 0.560. The molecule has 0 saturated heterocycles. The number of benzene rings is 1. The lowest BCUT2D eigenvalue weighted by Gasteiger charge is -2.17. The van der Waals surface area contributed by atoms with Gasteiger partial charge in [-0.25, -0.2) is 4.79 Å². The fraction of sp³-hybridized carbons (Fsp3) is 0.316. The lowest BCUT2D eigenvalue weighted by molar-refractivity contribution is -0.131. The van der Waals surface area contributed by atoms with Gasteiger partial charge in [-0.1, -0.05) is 23.8 Å². The number of nitrogens with one attached hydrogen (secondary N) is 1. The van der Waals surface area contributed by atoms with Gasteiger partial charge in [-0.05, 0) is 18.4 Å². The molecule has 6 heteroatoms. The molecule has 0 aromatic heterocycles. The van der Waals surface area contributed by atoms with Gasteiger partial charge in [0, 0.05) is 30.4 Å². The summed E-state index contributed by atoms with van der Waals surface area (Å²) >= 11 is 0. The molecular formula is C19H23NO5. The Bertz CT molecular complexity index is 694. The van der Waals surface area contributed by atoms with E-state index in [0.717, 1.165) is 24.1 Å². The SMILES string of the molecule is COc1cc(NCC2=CC=C(/C=C/C(=O)O)CC2)cc(OC)c1OC. The van der Waals surface area contributed by atoms with E-state index in [2.05, 4.69) is 5.32 Å². The van der Waals surface area contributed by atoms with Crippen LogP contribution in [0.5, 0.6) is 17.2 Å². The van der Waals surface area contributed by atoms with Crippen LogP contribution in [0.15, 0.2) is 47.6 Å². The van der Waals surface area contributed by atoms with Crippen LogP contribution in [0.25, 0.3) is 0 Å². The van der Waals surface area contributed by atoms with Crippen molar-refractivity contribution in [2.45, 2.75) is 12.8 Å².